The molecule has 0 saturated heterocycles. The zero-order valence-electron chi connectivity index (χ0n) is 10.9. The summed E-state index contributed by atoms with van der Waals surface area (Å²) in [5.41, 5.74) is 0. The monoisotopic (exact) mass is 370 g/mol. The van der Waals surface area contributed by atoms with Crippen LogP contribution in [0.5, 0.6) is 0 Å². The summed E-state index contributed by atoms with van der Waals surface area (Å²) in [7, 11) is -3.42. The Balaban J connectivity index is 5.46. The first kappa shape index (κ1) is 18.0. The Bertz CT molecular complexity index is 226. The number of rotatable bonds is 5. The van der Waals surface area contributed by atoms with E-state index in [0.717, 1.165) is 12.1 Å². The topological polar surface area (TPSA) is 0 Å². The standard InChI is InChI=1S/C8H22Cl4Si4/c1-7-15(9,10)13(3,4)14(5,6)16(11,12)8-2/h7-8H2,1-6H3. The predicted molar refractivity (Wildman–Crippen MR) is 90.8 cm³/mol. The van der Waals surface area contributed by atoms with Gasteiger partial charge in [0.2, 0.25) is 12.4 Å². The average molecular weight is 372 g/mol. The van der Waals surface area contributed by atoms with Gasteiger partial charge in [-0.1, -0.05) is 40.0 Å². The Morgan fingerprint density at radius 2 is 0.812 bits per heavy atom. The van der Waals surface area contributed by atoms with Gasteiger partial charge in [-0.3, -0.25) is 0 Å². The molecule has 0 fully saturated rings. The van der Waals surface area contributed by atoms with Crippen molar-refractivity contribution in [1.29, 1.82) is 0 Å². The van der Waals surface area contributed by atoms with Crippen LogP contribution in [-0.4, -0.2) is 26.6 Å². The summed E-state index contributed by atoms with van der Waals surface area (Å²) in [5, 5.41) is 0. The quantitative estimate of drug-likeness (QED) is 0.440. The lowest BCUT2D eigenvalue weighted by molar-refractivity contribution is 1.44. The molecule has 0 nitrogen and oxygen atoms in total. The van der Waals surface area contributed by atoms with Gasteiger partial charge in [-0.2, -0.15) is 44.3 Å². The fraction of sp³-hybridized carbons (Fsp3) is 1.00. The van der Waals surface area contributed by atoms with Crippen LogP contribution < -0.4 is 0 Å². The molecule has 8 heteroatoms. The summed E-state index contributed by atoms with van der Waals surface area (Å²) < 4.78 is 0. The lowest BCUT2D eigenvalue weighted by atomic mass is 11.0. The third-order valence-electron chi connectivity index (χ3n) is 4.28. The molecule has 0 bridgehead atoms. The zero-order valence-corrected chi connectivity index (χ0v) is 17.9. The van der Waals surface area contributed by atoms with Crippen molar-refractivity contribution in [3.63, 3.8) is 0 Å². The molecular weight excluding hydrogens is 350 g/mol. The molecule has 0 amide bonds. The Labute approximate surface area is 122 Å². The van der Waals surface area contributed by atoms with Crippen molar-refractivity contribution >= 4 is 71.0 Å². The molecule has 0 aliphatic carbocycles. The van der Waals surface area contributed by atoms with Gasteiger partial charge in [0, 0.05) is 0 Å². The fourth-order valence-corrected chi connectivity index (χ4v) is 81.4. The van der Waals surface area contributed by atoms with Crippen LogP contribution in [0.15, 0.2) is 0 Å². The summed E-state index contributed by atoms with van der Waals surface area (Å²) in [4.78, 5) is 0. The van der Waals surface area contributed by atoms with Crippen LogP contribution in [0.2, 0.25) is 38.3 Å². The highest BCUT2D eigenvalue weighted by atomic mass is 35.7. The van der Waals surface area contributed by atoms with E-state index in [4.69, 9.17) is 44.3 Å². The van der Waals surface area contributed by atoms with E-state index in [9.17, 15) is 0 Å². The molecule has 0 heterocycles. The lowest BCUT2D eigenvalue weighted by Gasteiger charge is -2.48. The van der Waals surface area contributed by atoms with Gasteiger partial charge < -0.3 is 0 Å². The Hall–Kier alpha value is 2.03. The minimum atomic E-state index is -2.16. The van der Waals surface area contributed by atoms with Crippen molar-refractivity contribution in [2.24, 2.45) is 0 Å². The molecule has 0 aliphatic rings. The molecule has 0 saturated carbocycles. The fourth-order valence-electron chi connectivity index (χ4n) is 1.80. The highest BCUT2D eigenvalue weighted by Gasteiger charge is 2.63. The molecule has 0 N–H and O–H groups in total. The van der Waals surface area contributed by atoms with Gasteiger partial charge in [-0.15, -0.1) is 0 Å². The predicted octanol–water partition coefficient (Wildman–Crippen LogP) is 5.52. The highest BCUT2D eigenvalue weighted by molar-refractivity contribution is 8.02. The smallest absolute Gasteiger partial charge is 0.150 e. The molecule has 0 radical (unpaired) electrons. The van der Waals surface area contributed by atoms with Crippen molar-refractivity contribution in [2.75, 3.05) is 0 Å². The Morgan fingerprint density at radius 1 is 0.625 bits per heavy atom. The third kappa shape index (κ3) is 2.95. The second kappa shape index (κ2) is 5.57. The Kier molecular flexibility index (Phi) is 6.27. The maximum Gasteiger partial charge on any atom is 0.235 e. The van der Waals surface area contributed by atoms with E-state index in [0.29, 0.717) is 0 Å². The maximum absolute atomic E-state index is 6.67. The molecule has 0 aliphatic heterocycles. The second-order valence-electron chi connectivity index (χ2n) is 5.37. The molecule has 0 spiro atoms. The lowest BCUT2D eigenvalue weighted by Crippen LogP contribution is -2.76. The van der Waals surface area contributed by atoms with Crippen molar-refractivity contribution in [3.8, 4) is 0 Å². The molecular formula is C8H22Cl4Si4. The van der Waals surface area contributed by atoms with Crippen molar-refractivity contribution in [2.45, 2.75) is 52.1 Å². The zero-order chi connectivity index (χ0) is 13.4. The molecule has 0 aromatic carbocycles. The van der Waals surface area contributed by atoms with Crippen molar-refractivity contribution in [1.82, 2.24) is 0 Å². The van der Waals surface area contributed by atoms with Crippen LogP contribution in [0.1, 0.15) is 13.8 Å². The third-order valence-corrected chi connectivity index (χ3v) is 82.4. The van der Waals surface area contributed by atoms with Gasteiger partial charge in [0.25, 0.3) is 0 Å². The molecule has 16 heavy (non-hydrogen) atoms. The first-order valence-electron chi connectivity index (χ1n) is 5.63. The van der Waals surface area contributed by atoms with Gasteiger partial charge in [-0.25, -0.2) is 0 Å². The van der Waals surface area contributed by atoms with Gasteiger partial charge in [0.15, 0.2) is 0 Å². The Morgan fingerprint density at radius 3 is 0.938 bits per heavy atom. The van der Waals surface area contributed by atoms with E-state index >= 15 is 0 Å². The first-order valence-corrected chi connectivity index (χ1v) is 23.1. The molecule has 0 aromatic heterocycles. The summed E-state index contributed by atoms with van der Waals surface area (Å²) in [6, 6.07) is 1.82. The van der Waals surface area contributed by atoms with Crippen LogP contribution >= 0.6 is 44.3 Å². The van der Waals surface area contributed by atoms with Crippen LogP contribution in [0, 0.1) is 0 Å². The number of hydrogen-bond donors (Lipinski definition) is 0. The molecule has 0 rings (SSSR count). The molecule has 0 unspecified atom stereocenters. The number of hydrogen-bond acceptors (Lipinski definition) is 0. The van der Waals surface area contributed by atoms with Crippen LogP contribution in [0.25, 0.3) is 0 Å². The van der Waals surface area contributed by atoms with Crippen molar-refractivity contribution in [3.05, 3.63) is 0 Å². The first-order chi connectivity index (χ1) is 6.87. The minimum absolute atomic E-state index is 0.910. The van der Waals surface area contributed by atoms with Crippen LogP contribution in [0.3, 0.4) is 0 Å². The normalized spacial score (nSPS) is 15.4. The second-order valence-corrected chi connectivity index (χ2v) is 51.9. The SMILES string of the molecule is CC[Si](Cl)(Cl)[Si](C)(C)[Si](C)(C)[Si](Cl)(Cl)CC. The largest absolute Gasteiger partial charge is 0.235 e. The summed E-state index contributed by atoms with van der Waals surface area (Å²) >= 11 is 26.7. The average Bonchev–Trinajstić information content (AvgIpc) is 2.16. The number of halogens is 4. The van der Waals surface area contributed by atoms with Gasteiger partial charge in [-0.05, 0) is 12.1 Å². The van der Waals surface area contributed by atoms with Gasteiger partial charge in [0.1, 0.15) is 0 Å². The minimum Gasteiger partial charge on any atom is -0.150 e. The summed E-state index contributed by atoms with van der Waals surface area (Å²) in [5.74, 6) is 0. The molecule has 0 atom stereocenters. The van der Waals surface area contributed by atoms with Gasteiger partial charge in [0.05, 0.1) is 14.2 Å². The van der Waals surface area contributed by atoms with E-state index in [2.05, 4.69) is 40.0 Å². The highest BCUT2D eigenvalue weighted by Crippen LogP contribution is 2.44. The van der Waals surface area contributed by atoms with E-state index < -0.39 is 26.6 Å². The molecule has 0 aromatic rings. The maximum atomic E-state index is 6.67. The molecule has 98 valence electrons. The van der Waals surface area contributed by atoms with E-state index in [-0.39, 0.29) is 0 Å². The van der Waals surface area contributed by atoms with E-state index in [1.807, 2.05) is 0 Å². The van der Waals surface area contributed by atoms with Crippen LogP contribution in [0.4, 0.5) is 0 Å². The summed E-state index contributed by atoms with van der Waals surface area (Å²) in [6.45, 7) is 13.5. The van der Waals surface area contributed by atoms with E-state index in [1.165, 1.54) is 0 Å². The van der Waals surface area contributed by atoms with Crippen LogP contribution in [-0.2, 0) is 0 Å². The summed E-state index contributed by atoms with van der Waals surface area (Å²) in [6.07, 6.45) is -4.31. The van der Waals surface area contributed by atoms with Crippen molar-refractivity contribution < 1.29 is 0 Å². The van der Waals surface area contributed by atoms with Gasteiger partial charge >= 0.3 is 0 Å². The van der Waals surface area contributed by atoms with E-state index in [1.54, 1.807) is 0 Å².